The van der Waals surface area contributed by atoms with Crippen LogP contribution in [0.25, 0.3) is 22.0 Å². The number of rotatable bonds is 9. The van der Waals surface area contributed by atoms with Gasteiger partial charge in [-0.25, -0.2) is 17.1 Å². The molecule has 1 aliphatic heterocycles. The Labute approximate surface area is 221 Å². The van der Waals surface area contributed by atoms with Crippen molar-refractivity contribution < 1.29 is 22.3 Å². The minimum atomic E-state index is -3.42. The summed E-state index contributed by atoms with van der Waals surface area (Å²) in [4.78, 5) is 15.5. The third-order valence-electron chi connectivity index (χ3n) is 7.11. The molecule has 0 saturated carbocycles. The maximum Gasteiger partial charge on any atom is 0.250 e. The van der Waals surface area contributed by atoms with Crippen molar-refractivity contribution in [3.63, 3.8) is 0 Å². The number of ether oxygens (including phenoxy) is 1. The Balaban J connectivity index is 1.25. The van der Waals surface area contributed by atoms with Crippen LogP contribution in [-0.2, 0) is 10.0 Å². The Morgan fingerprint density at radius 2 is 1.74 bits per heavy atom. The molecular weight excluding hydrogens is 505 g/mol. The summed E-state index contributed by atoms with van der Waals surface area (Å²) in [5.41, 5.74) is 9.85. The van der Waals surface area contributed by atoms with Crippen LogP contribution in [0.2, 0.25) is 0 Å². The number of benzene rings is 3. The van der Waals surface area contributed by atoms with Crippen LogP contribution in [0.3, 0.4) is 0 Å². The highest BCUT2D eigenvalue weighted by atomic mass is 32.2. The number of nitrogens with two attached hydrogens (primary N) is 1. The van der Waals surface area contributed by atoms with Gasteiger partial charge in [0.1, 0.15) is 11.6 Å². The second-order valence-electron chi connectivity index (χ2n) is 9.57. The van der Waals surface area contributed by atoms with E-state index in [4.69, 9.17) is 10.5 Å². The molecule has 0 radical (unpaired) electrons. The fourth-order valence-electron chi connectivity index (χ4n) is 5.12. The lowest BCUT2D eigenvalue weighted by atomic mass is 9.88. The van der Waals surface area contributed by atoms with E-state index in [-0.39, 0.29) is 24.1 Å². The number of H-pyrrole nitrogens is 1. The Morgan fingerprint density at radius 1 is 1.03 bits per heavy atom. The summed E-state index contributed by atoms with van der Waals surface area (Å²) in [6.45, 7) is 1.10. The number of piperidine rings is 1. The number of amides is 1. The summed E-state index contributed by atoms with van der Waals surface area (Å²) in [5.74, 6) is -0.178. The number of nitrogens with one attached hydrogen (secondary N) is 1. The van der Waals surface area contributed by atoms with Crippen molar-refractivity contribution in [2.24, 2.45) is 5.73 Å². The minimum absolute atomic E-state index is 0.00560. The van der Waals surface area contributed by atoms with Gasteiger partial charge in [-0.3, -0.25) is 4.79 Å². The molecule has 0 aliphatic carbocycles. The molecular formula is C29H30FN3O4S. The molecule has 9 heteroatoms. The first kappa shape index (κ1) is 25.9. The second kappa shape index (κ2) is 11.0. The SMILES string of the molecule is NC(=O)c1cc(-c2ccccc2)cc2c(C3CCN(S(=O)(=O)CCCOc4ccc(F)cc4)CC3)c[nH]c12. The van der Waals surface area contributed by atoms with Crippen molar-refractivity contribution >= 4 is 26.8 Å². The van der Waals surface area contributed by atoms with Crippen molar-refractivity contribution in [2.45, 2.75) is 25.2 Å². The van der Waals surface area contributed by atoms with Gasteiger partial charge in [-0.05, 0) is 78.3 Å². The van der Waals surface area contributed by atoms with Crippen LogP contribution in [0.1, 0.15) is 41.1 Å². The molecule has 1 saturated heterocycles. The number of aromatic nitrogens is 1. The average molecular weight is 536 g/mol. The topological polar surface area (TPSA) is 105 Å². The molecule has 0 bridgehead atoms. The Hall–Kier alpha value is -3.69. The number of nitrogens with zero attached hydrogens (tertiary/aromatic N) is 1. The summed E-state index contributed by atoms with van der Waals surface area (Å²) in [7, 11) is -3.42. The number of halogens is 1. The highest BCUT2D eigenvalue weighted by molar-refractivity contribution is 7.89. The summed E-state index contributed by atoms with van der Waals surface area (Å²) >= 11 is 0. The molecule has 1 amide bonds. The van der Waals surface area contributed by atoms with E-state index in [2.05, 4.69) is 11.1 Å². The quantitative estimate of drug-likeness (QED) is 0.293. The number of carbonyl (C=O) groups is 1. The molecule has 2 heterocycles. The highest BCUT2D eigenvalue weighted by Crippen LogP contribution is 2.37. The molecule has 0 unspecified atom stereocenters. The van der Waals surface area contributed by atoms with Gasteiger partial charge in [-0.15, -0.1) is 0 Å². The number of hydrogen-bond donors (Lipinski definition) is 2. The first-order chi connectivity index (χ1) is 18.3. The Bertz CT molecular complexity index is 1530. The number of primary amides is 1. The molecule has 1 fully saturated rings. The van der Waals surface area contributed by atoms with E-state index in [0.29, 0.717) is 49.2 Å². The van der Waals surface area contributed by atoms with E-state index in [9.17, 15) is 17.6 Å². The summed E-state index contributed by atoms with van der Waals surface area (Å²) in [6, 6.07) is 19.4. The van der Waals surface area contributed by atoms with Crippen LogP contribution in [0.4, 0.5) is 4.39 Å². The van der Waals surface area contributed by atoms with Crippen molar-refractivity contribution in [3.05, 3.63) is 89.9 Å². The van der Waals surface area contributed by atoms with Crippen molar-refractivity contribution in [3.8, 4) is 16.9 Å². The standard InChI is InChI=1S/C29H30FN3O4S/c30-23-7-9-24(10-8-23)37-15-4-16-38(35,36)33-13-11-21(12-14-33)27-19-32-28-25(27)17-22(18-26(28)29(31)34)20-5-2-1-3-6-20/h1-3,5-10,17-19,21,32H,4,11-16H2,(H2,31,34). The van der Waals surface area contributed by atoms with Gasteiger partial charge in [-0.1, -0.05) is 30.3 Å². The van der Waals surface area contributed by atoms with Gasteiger partial charge in [0.15, 0.2) is 0 Å². The highest BCUT2D eigenvalue weighted by Gasteiger charge is 2.30. The smallest absolute Gasteiger partial charge is 0.250 e. The number of aromatic amines is 1. The average Bonchev–Trinajstić information content (AvgIpc) is 3.36. The third-order valence-corrected chi connectivity index (χ3v) is 9.07. The molecule has 7 nitrogen and oxygen atoms in total. The monoisotopic (exact) mass is 535 g/mol. The fourth-order valence-corrected chi connectivity index (χ4v) is 6.63. The fraction of sp³-hybridized carbons (Fsp3) is 0.276. The van der Waals surface area contributed by atoms with Gasteiger partial charge < -0.3 is 15.5 Å². The molecule has 3 N–H and O–H groups in total. The zero-order valence-corrected chi connectivity index (χ0v) is 21.7. The summed E-state index contributed by atoms with van der Waals surface area (Å²) in [5, 5.41) is 0.944. The van der Waals surface area contributed by atoms with Crippen LogP contribution < -0.4 is 10.5 Å². The zero-order chi connectivity index (χ0) is 26.7. The van der Waals surface area contributed by atoms with E-state index in [0.717, 1.165) is 22.1 Å². The van der Waals surface area contributed by atoms with Crippen LogP contribution in [0, 0.1) is 5.82 Å². The van der Waals surface area contributed by atoms with Crippen molar-refractivity contribution in [1.82, 2.24) is 9.29 Å². The lowest BCUT2D eigenvalue weighted by Crippen LogP contribution is -2.39. The largest absolute Gasteiger partial charge is 0.494 e. The number of carbonyl (C=O) groups excluding carboxylic acids is 1. The maximum atomic E-state index is 13.0. The molecule has 5 rings (SSSR count). The van der Waals surface area contributed by atoms with Crippen molar-refractivity contribution in [2.75, 3.05) is 25.4 Å². The minimum Gasteiger partial charge on any atom is -0.494 e. The molecule has 3 aromatic carbocycles. The predicted molar refractivity (Wildman–Crippen MR) is 146 cm³/mol. The van der Waals surface area contributed by atoms with E-state index in [1.165, 1.54) is 24.3 Å². The van der Waals surface area contributed by atoms with Crippen LogP contribution in [-0.4, -0.2) is 49.1 Å². The van der Waals surface area contributed by atoms with E-state index >= 15 is 0 Å². The number of sulfonamides is 1. The number of hydrogen-bond acceptors (Lipinski definition) is 4. The first-order valence-electron chi connectivity index (χ1n) is 12.7. The molecule has 1 aliphatic rings. The maximum absolute atomic E-state index is 13.0. The molecule has 38 heavy (non-hydrogen) atoms. The molecule has 4 aromatic rings. The van der Waals surface area contributed by atoms with Crippen LogP contribution in [0.15, 0.2) is 72.9 Å². The van der Waals surface area contributed by atoms with E-state index < -0.39 is 15.9 Å². The third kappa shape index (κ3) is 5.58. The second-order valence-corrected chi connectivity index (χ2v) is 11.7. The molecule has 0 spiro atoms. The van der Waals surface area contributed by atoms with Gasteiger partial charge >= 0.3 is 0 Å². The summed E-state index contributed by atoms with van der Waals surface area (Å²) < 4.78 is 46.0. The van der Waals surface area contributed by atoms with E-state index in [1.807, 2.05) is 42.6 Å². The molecule has 1 aromatic heterocycles. The van der Waals surface area contributed by atoms with Gasteiger partial charge in [0.05, 0.1) is 23.4 Å². The summed E-state index contributed by atoms with van der Waals surface area (Å²) in [6.07, 6.45) is 3.63. The van der Waals surface area contributed by atoms with Gasteiger partial charge in [0.2, 0.25) is 10.0 Å². The Morgan fingerprint density at radius 3 is 2.42 bits per heavy atom. The lowest BCUT2D eigenvalue weighted by Gasteiger charge is -2.31. The van der Waals surface area contributed by atoms with Crippen LogP contribution in [0.5, 0.6) is 5.75 Å². The first-order valence-corrected chi connectivity index (χ1v) is 14.3. The van der Waals surface area contributed by atoms with E-state index in [1.54, 1.807) is 4.31 Å². The predicted octanol–water partition coefficient (Wildman–Crippen LogP) is 5.05. The number of fused-ring (bicyclic) bond motifs is 1. The lowest BCUT2D eigenvalue weighted by molar-refractivity contribution is 0.100. The molecule has 198 valence electrons. The Kier molecular flexibility index (Phi) is 7.49. The zero-order valence-electron chi connectivity index (χ0n) is 20.9. The van der Waals surface area contributed by atoms with Crippen LogP contribution >= 0.6 is 0 Å². The van der Waals surface area contributed by atoms with Gasteiger partial charge in [0.25, 0.3) is 5.91 Å². The van der Waals surface area contributed by atoms with Gasteiger partial charge in [0, 0.05) is 24.7 Å². The van der Waals surface area contributed by atoms with Gasteiger partial charge in [-0.2, -0.15) is 0 Å². The molecule has 0 atom stereocenters. The van der Waals surface area contributed by atoms with Crippen molar-refractivity contribution in [1.29, 1.82) is 0 Å². The normalized spacial score (nSPS) is 15.1.